The highest BCUT2D eigenvalue weighted by molar-refractivity contribution is 6.04. The molecule has 1 saturated heterocycles. The Morgan fingerprint density at radius 1 is 1.40 bits per heavy atom. The van der Waals surface area contributed by atoms with Gasteiger partial charge in [0.1, 0.15) is 16.8 Å². The standard InChI is InChI=1S/C21H24N6O3/c22-7-5-13-1-3-14(4-2-13)27-17-15-6-8-23-18(15)24-9-16(17)26-19(27)20(28)25-10-21(29)11-30-12-21/h6,8-9,13-14,29H,1-5,10-12H2,(H,23,24)(H,25,28)/t13-,14-. The van der Waals surface area contributed by atoms with Crippen LogP contribution in [0.15, 0.2) is 18.5 Å². The van der Waals surface area contributed by atoms with Crippen molar-refractivity contribution in [2.24, 2.45) is 5.92 Å². The first-order chi connectivity index (χ1) is 14.6. The number of fused-ring (bicyclic) bond motifs is 3. The fourth-order valence-corrected chi connectivity index (χ4v) is 4.61. The van der Waals surface area contributed by atoms with Crippen LogP contribution in [-0.2, 0) is 4.74 Å². The summed E-state index contributed by atoms with van der Waals surface area (Å²) in [7, 11) is 0. The van der Waals surface area contributed by atoms with Crippen LogP contribution in [0, 0.1) is 17.2 Å². The minimum atomic E-state index is -1.00. The molecule has 2 fully saturated rings. The molecule has 3 N–H and O–H groups in total. The van der Waals surface area contributed by atoms with E-state index in [0.29, 0.717) is 23.7 Å². The molecule has 4 heterocycles. The largest absolute Gasteiger partial charge is 0.383 e. The molecular weight excluding hydrogens is 384 g/mol. The lowest BCUT2D eigenvalue weighted by atomic mass is 9.84. The number of aliphatic hydroxyl groups is 1. The van der Waals surface area contributed by atoms with Crippen molar-refractivity contribution in [3.8, 4) is 6.07 Å². The van der Waals surface area contributed by atoms with Gasteiger partial charge < -0.3 is 24.7 Å². The van der Waals surface area contributed by atoms with Crippen LogP contribution in [0.1, 0.15) is 48.8 Å². The Morgan fingerprint density at radius 3 is 2.90 bits per heavy atom. The van der Waals surface area contributed by atoms with E-state index in [2.05, 4.69) is 26.3 Å². The average Bonchev–Trinajstić information content (AvgIpc) is 3.35. The number of hydrogen-bond donors (Lipinski definition) is 3. The molecule has 156 valence electrons. The van der Waals surface area contributed by atoms with Gasteiger partial charge in [0.05, 0.1) is 37.5 Å². The third kappa shape index (κ3) is 3.22. The number of nitrogens with one attached hydrogen (secondary N) is 2. The van der Waals surface area contributed by atoms with Gasteiger partial charge in [0.25, 0.3) is 5.91 Å². The van der Waals surface area contributed by atoms with Gasteiger partial charge in [-0.1, -0.05) is 0 Å². The van der Waals surface area contributed by atoms with E-state index < -0.39 is 5.60 Å². The number of pyridine rings is 1. The van der Waals surface area contributed by atoms with Gasteiger partial charge in [-0.15, -0.1) is 0 Å². The maximum atomic E-state index is 13.1. The molecule has 0 spiro atoms. The van der Waals surface area contributed by atoms with Crippen LogP contribution in [0.25, 0.3) is 22.1 Å². The Kier molecular flexibility index (Phi) is 4.68. The van der Waals surface area contributed by atoms with Crippen LogP contribution in [0.3, 0.4) is 0 Å². The van der Waals surface area contributed by atoms with Gasteiger partial charge in [-0.05, 0) is 37.7 Å². The summed E-state index contributed by atoms with van der Waals surface area (Å²) in [6.07, 6.45) is 7.81. The molecule has 0 radical (unpaired) electrons. The zero-order valence-corrected chi connectivity index (χ0v) is 16.6. The van der Waals surface area contributed by atoms with E-state index in [1.807, 2.05) is 16.8 Å². The number of ether oxygens (including phenoxy) is 1. The minimum absolute atomic E-state index is 0.126. The van der Waals surface area contributed by atoms with Gasteiger partial charge in [0.15, 0.2) is 5.82 Å². The molecule has 0 aromatic carbocycles. The van der Waals surface area contributed by atoms with Crippen LogP contribution in [0.2, 0.25) is 0 Å². The normalized spacial score (nSPS) is 23.2. The van der Waals surface area contributed by atoms with Gasteiger partial charge in [0, 0.05) is 24.0 Å². The maximum Gasteiger partial charge on any atom is 0.287 e. The molecule has 30 heavy (non-hydrogen) atoms. The van der Waals surface area contributed by atoms with Crippen LogP contribution in [0.4, 0.5) is 0 Å². The van der Waals surface area contributed by atoms with Crippen LogP contribution in [0.5, 0.6) is 0 Å². The second-order valence-corrected chi connectivity index (χ2v) is 8.47. The molecular formula is C21H24N6O3. The second-order valence-electron chi connectivity index (χ2n) is 8.47. The van der Waals surface area contributed by atoms with E-state index in [0.717, 1.165) is 42.2 Å². The molecule has 3 aromatic heterocycles. The highest BCUT2D eigenvalue weighted by Gasteiger charge is 2.37. The zero-order valence-electron chi connectivity index (χ0n) is 16.6. The van der Waals surface area contributed by atoms with E-state index in [4.69, 9.17) is 10.00 Å². The Bertz CT molecular complexity index is 1130. The quantitative estimate of drug-likeness (QED) is 0.593. The van der Waals surface area contributed by atoms with Gasteiger partial charge in [-0.2, -0.15) is 5.26 Å². The molecule has 1 aliphatic carbocycles. The first kappa shape index (κ1) is 19.0. The zero-order chi connectivity index (χ0) is 20.7. The lowest BCUT2D eigenvalue weighted by Gasteiger charge is -2.36. The summed E-state index contributed by atoms with van der Waals surface area (Å²) in [6, 6.07) is 4.36. The lowest BCUT2D eigenvalue weighted by molar-refractivity contribution is -0.173. The van der Waals surface area contributed by atoms with Crippen molar-refractivity contribution in [1.29, 1.82) is 5.26 Å². The van der Waals surface area contributed by atoms with Crippen molar-refractivity contribution in [2.75, 3.05) is 19.8 Å². The molecule has 9 heteroatoms. The number of amides is 1. The summed E-state index contributed by atoms with van der Waals surface area (Å²) in [6.45, 7) is 0.572. The van der Waals surface area contributed by atoms with E-state index in [1.165, 1.54) is 0 Å². The predicted molar refractivity (Wildman–Crippen MR) is 109 cm³/mol. The molecule has 1 aliphatic heterocycles. The first-order valence-electron chi connectivity index (χ1n) is 10.4. The number of imidazole rings is 1. The highest BCUT2D eigenvalue weighted by atomic mass is 16.5. The Labute approximate surface area is 173 Å². The third-order valence-electron chi connectivity index (χ3n) is 6.32. The number of nitrogens with zero attached hydrogens (tertiary/aromatic N) is 4. The van der Waals surface area contributed by atoms with Gasteiger partial charge >= 0.3 is 0 Å². The summed E-state index contributed by atoms with van der Waals surface area (Å²) in [4.78, 5) is 25.3. The lowest BCUT2D eigenvalue weighted by Crippen LogP contribution is -2.57. The van der Waals surface area contributed by atoms with E-state index >= 15 is 0 Å². The SMILES string of the molecule is N#CC[C@H]1CC[C@H](n2c(C(=O)NCC3(O)COC3)nc3cnc4[nH]ccc4c32)CC1. The monoisotopic (exact) mass is 408 g/mol. The average molecular weight is 408 g/mol. The minimum Gasteiger partial charge on any atom is -0.383 e. The number of nitriles is 1. The molecule has 0 atom stereocenters. The maximum absolute atomic E-state index is 13.1. The van der Waals surface area contributed by atoms with Gasteiger partial charge in [-0.25, -0.2) is 9.97 Å². The number of aromatic nitrogens is 4. The number of aromatic amines is 1. The Balaban J connectivity index is 1.52. The van der Waals surface area contributed by atoms with Crippen LogP contribution in [-0.4, -0.2) is 55.9 Å². The van der Waals surface area contributed by atoms with Crippen molar-refractivity contribution < 1.29 is 14.6 Å². The third-order valence-corrected chi connectivity index (χ3v) is 6.32. The fourth-order valence-electron chi connectivity index (χ4n) is 4.61. The summed E-state index contributed by atoms with van der Waals surface area (Å²) in [5.74, 6) is 0.447. The number of H-pyrrole nitrogens is 1. The van der Waals surface area contributed by atoms with Crippen molar-refractivity contribution in [1.82, 2.24) is 24.8 Å². The Hall–Kier alpha value is -2.96. The van der Waals surface area contributed by atoms with Gasteiger partial charge in [-0.3, -0.25) is 4.79 Å². The van der Waals surface area contributed by atoms with E-state index in [9.17, 15) is 9.90 Å². The van der Waals surface area contributed by atoms with E-state index in [1.54, 1.807) is 6.20 Å². The summed E-state index contributed by atoms with van der Waals surface area (Å²) < 4.78 is 7.10. The van der Waals surface area contributed by atoms with E-state index in [-0.39, 0.29) is 31.7 Å². The van der Waals surface area contributed by atoms with Crippen LogP contribution < -0.4 is 5.32 Å². The molecule has 1 saturated carbocycles. The topological polar surface area (TPSA) is 129 Å². The molecule has 9 nitrogen and oxygen atoms in total. The second kappa shape index (κ2) is 7.38. The summed E-state index contributed by atoms with van der Waals surface area (Å²) in [5, 5.41) is 23.0. The molecule has 5 rings (SSSR count). The Morgan fingerprint density at radius 2 is 2.20 bits per heavy atom. The smallest absolute Gasteiger partial charge is 0.287 e. The molecule has 1 amide bonds. The van der Waals surface area contributed by atoms with Crippen molar-refractivity contribution >= 4 is 28.0 Å². The van der Waals surface area contributed by atoms with Crippen LogP contribution >= 0.6 is 0 Å². The van der Waals surface area contributed by atoms with Crippen molar-refractivity contribution in [3.05, 3.63) is 24.3 Å². The number of carbonyl (C=O) groups is 1. The van der Waals surface area contributed by atoms with Gasteiger partial charge in [0.2, 0.25) is 0 Å². The number of rotatable bonds is 5. The molecule has 0 unspecified atom stereocenters. The number of hydrogen-bond acceptors (Lipinski definition) is 6. The highest BCUT2D eigenvalue weighted by Crippen LogP contribution is 2.37. The molecule has 0 bridgehead atoms. The first-order valence-corrected chi connectivity index (χ1v) is 10.4. The summed E-state index contributed by atoms with van der Waals surface area (Å²) in [5.41, 5.74) is 1.34. The molecule has 2 aliphatic rings. The number of carbonyl (C=O) groups excluding carboxylic acids is 1. The predicted octanol–water partition coefficient (Wildman–Crippen LogP) is 2.05. The fraction of sp³-hybridized carbons (Fsp3) is 0.524. The molecule has 3 aromatic rings. The summed E-state index contributed by atoms with van der Waals surface area (Å²) >= 11 is 0. The van der Waals surface area contributed by atoms with Crippen molar-refractivity contribution in [2.45, 2.75) is 43.7 Å². The van der Waals surface area contributed by atoms with Crippen molar-refractivity contribution in [3.63, 3.8) is 0 Å².